The molecule has 8 heteroatoms. The number of carbonyl (C=O) groups is 3. The highest BCUT2D eigenvalue weighted by Crippen LogP contribution is 2.36. The van der Waals surface area contributed by atoms with Crippen LogP contribution in [0.15, 0.2) is 18.2 Å². The third-order valence-electron chi connectivity index (χ3n) is 5.69. The molecule has 1 aliphatic carbocycles. The molecule has 2 fully saturated rings. The van der Waals surface area contributed by atoms with Crippen molar-refractivity contribution in [1.29, 1.82) is 0 Å². The molecule has 8 nitrogen and oxygen atoms in total. The van der Waals surface area contributed by atoms with Crippen LogP contribution in [0.1, 0.15) is 39.0 Å². The van der Waals surface area contributed by atoms with Crippen molar-refractivity contribution in [2.24, 2.45) is 5.92 Å². The number of hydrogen-bond donors (Lipinski definition) is 2. The zero-order valence-electron chi connectivity index (χ0n) is 16.5. The average molecular weight is 389 g/mol. The van der Waals surface area contributed by atoms with Gasteiger partial charge in [-0.1, -0.05) is 19.3 Å². The number of carbonyl (C=O) groups excluding carboxylic acids is 3. The normalized spacial score (nSPS) is 22.8. The van der Waals surface area contributed by atoms with Crippen molar-refractivity contribution < 1.29 is 23.9 Å². The van der Waals surface area contributed by atoms with Crippen molar-refractivity contribution in [3.05, 3.63) is 18.2 Å². The number of methoxy groups -OCH3 is 2. The fourth-order valence-electron chi connectivity index (χ4n) is 4.07. The lowest BCUT2D eigenvalue weighted by atomic mass is 9.75. The Morgan fingerprint density at radius 2 is 1.86 bits per heavy atom. The first-order chi connectivity index (χ1) is 13.4. The topological polar surface area (TPSA) is 97.0 Å². The maximum absolute atomic E-state index is 12.9. The summed E-state index contributed by atoms with van der Waals surface area (Å²) in [5.41, 5.74) is -0.439. The lowest BCUT2D eigenvalue weighted by Gasteiger charge is -2.34. The van der Waals surface area contributed by atoms with Gasteiger partial charge in [-0.15, -0.1) is 0 Å². The summed E-state index contributed by atoms with van der Waals surface area (Å²) in [6.45, 7) is 1.44. The van der Waals surface area contributed by atoms with Crippen LogP contribution in [0.5, 0.6) is 11.5 Å². The van der Waals surface area contributed by atoms with Crippen molar-refractivity contribution >= 4 is 23.5 Å². The highest BCUT2D eigenvalue weighted by molar-refractivity contribution is 6.10. The number of urea groups is 1. The van der Waals surface area contributed by atoms with Gasteiger partial charge >= 0.3 is 6.03 Å². The average Bonchev–Trinajstić information content (AvgIpc) is 2.92. The number of ether oxygens (including phenoxy) is 2. The Balaban J connectivity index is 1.67. The third-order valence-corrected chi connectivity index (χ3v) is 5.69. The Morgan fingerprint density at radius 3 is 2.50 bits per heavy atom. The van der Waals surface area contributed by atoms with Crippen LogP contribution in [0.3, 0.4) is 0 Å². The number of nitrogens with zero attached hydrogens (tertiary/aromatic N) is 1. The monoisotopic (exact) mass is 389 g/mol. The molecule has 4 amide bonds. The predicted molar refractivity (Wildman–Crippen MR) is 103 cm³/mol. The summed E-state index contributed by atoms with van der Waals surface area (Å²) in [5, 5.41) is 5.52. The van der Waals surface area contributed by atoms with Gasteiger partial charge in [-0.3, -0.25) is 14.5 Å². The number of nitrogens with one attached hydrogen (secondary N) is 2. The van der Waals surface area contributed by atoms with Crippen LogP contribution >= 0.6 is 0 Å². The van der Waals surface area contributed by atoms with Crippen LogP contribution in [-0.4, -0.2) is 49.0 Å². The van der Waals surface area contributed by atoms with E-state index in [0.717, 1.165) is 37.0 Å². The number of amides is 4. The van der Waals surface area contributed by atoms with Crippen molar-refractivity contribution in [3.8, 4) is 11.5 Å². The van der Waals surface area contributed by atoms with Crippen molar-refractivity contribution in [2.75, 3.05) is 26.1 Å². The molecule has 28 heavy (non-hydrogen) atoms. The Kier molecular flexibility index (Phi) is 5.76. The summed E-state index contributed by atoms with van der Waals surface area (Å²) in [5.74, 6) is 0.338. The summed E-state index contributed by atoms with van der Waals surface area (Å²) in [6, 6.07) is 4.44. The van der Waals surface area contributed by atoms with Gasteiger partial charge in [0, 0.05) is 11.8 Å². The summed E-state index contributed by atoms with van der Waals surface area (Å²) < 4.78 is 10.4. The zero-order valence-corrected chi connectivity index (χ0v) is 16.5. The Hall–Kier alpha value is -2.77. The molecule has 0 bridgehead atoms. The first-order valence-corrected chi connectivity index (χ1v) is 9.55. The van der Waals surface area contributed by atoms with E-state index in [2.05, 4.69) is 10.6 Å². The number of benzene rings is 1. The van der Waals surface area contributed by atoms with Crippen LogP contribution in [0.2, 0.25) is 0 Å². The number of imide groups is 1. The second-order valence-electron chi connectivity index (χ2n) is 7.48. The molecule has 2 N–H and O–H groups in total. The van der Waals surface area contributed by atoms with Gasteiger partial charge in [0.15, 0.2) is 11.5 Å². The first kappa shape index (κ1) is 20.0. The molecule has 0 radical (unpaired) electrons. The Labute approximate surface area is 164 Å². The molecule has 1 aliphatic heterocycles. The summed E-state index contributed by atoms with van der Waals surface area (Å²) in [7, 11) is 3.03. The van der Waals surface area contributed by atoms with E-state index in [1.807, 2.05) is 0 Å². The van der Waals surface area contributed by atoms with Gasteiger partial charge in [-0.05, 0) is 37.8 Å². The second-order valence-corrected chi connectivity index (χ2v) is 7.48. The zero-order chi connectivity index (χ0) is 20.3. The molecule has 1 heterocycles. The van der Waals surface area contributed by atoms with Crippen LogP contribution < -0.4 is 20.1 Å². The van der Waals surface area contributed by atoms with E-state index in [4.69, 9.17) is 9.47 Å². The molecule has 1 aromatic carbocycles. The van der Waals surface area contributed by atoms with Gasteiger partial charge in [0.25, 0.3) is 5.91 Å². The molecule has 1 atom stereocenters. The van der Waals surface area contributed by atoms with Crippen LogP contribution in [-0.2, 0) is 9.59 Å². The van der Waals surface area contributed by atoms with E-state index in [0.29, 0.717) is 17.2 Å². The molecule has 0 spiro atoms. The molecule has 3 rings (SSSR count). The maximum atomic E-state index is 12.9. The fraction of sp³-hybridized carbons (Fsp3) is 0.550. The smallest absolute Gasteiger partial charge is 0.325 e. The summed E-state index contributed by atoms with van der Waals surface area (Å²) in [6.07, 6.45) is 5.10. The lowest BCUT2D eigenvalue weighted by Crippen LogP contribution is -2.51. The molecule has 152 valence electrons. The van der Waals surface area contributed by atoms with Gasteiger partial charge in [-0.2, -0.15) is 0 Å². The van der Waals surface area contributed by atoms with Crippen LogP contribution in [0.4, 0.5) is 10.5 Å². The summed E-state index contributed by atoms with van der Waals surface area (Å²) in [4.78, 5) is 38.8. The Bertz CT molecular complexity index is 775. The van der Waals surface area contributed by atoms with E-state index >= 15 is 0 Å². The molecule has 0 aromatic heterocycles. The SMILES string of the molecule is COc1ccc(NC(=O)CN2C(=O)N[C@](C)(C3CCCCC3)C2=O)cc1OC. The quantitative estimate of drug-likeness (QED) is 0.729. The van der Waals surface area contributed by atoms with E-state index in [1.165, 1.54) is 14.2 Å². The van der Waals surface area contributed by atoms with Gasteiger partial charge in [0.1, 0.15) is 12.1 Å². The standard InChI is InChI=1S/C20H27N3O5/c1-20(13-7-5-4-6-8-13)18(25)23(19(26)22-20)12-17(24)21-14-9-10-15(27-2)16(11-14)28-3/h9-11,13H,4-8,12H2,1-3H3,(H,21,24)(H,22,26)/t20-/m1/s1. The maximum Gasteiger partial charge on any atom is 0.325 e. The van der Waals surface area contributed by atoms with Crippen molar-refractivity contribution in [1.82, 2.24) is 10.2 Å². The van der Waals surface area contributed by atoms with Crippen molar-refractivity contribution in [3.63, 3.8) is 0 Å². The highest BCUT2D eigenvalue weighted by Gasteiger charge is 2.52. The molecule has 1 aromatic rings. The minimum absolute atomic E-state index is 0.108. The minimum Gasteiger partial charge on any atom is -0.493 e. The van der Waals surface area contributed by atoms with Crippen LogP contribution in [0, 0.1) is 5.92 Å². The molecule has 1 saturated carbocycles. The van der Waals surface area contributed by atoms with Crippen LogP contribution in [0.25, 0.3) is 0 Å². The summed E-state index contributed by atoms with van der Waals surface area (Å²) >= 11 is 0. The van der Waals surface area contributed by atoms with Gasteiger partial charge < -0.3 is 20.1 Å². The fourth-order valence-corrected chi connectivity index (χ4v) is 4.07. The van der Waals surface area contributed by atoms with E-state index in [1.54, 1.807) is 25.1 Å². The van der Waals surface area contributed by atoms with Gasteiger partial charge in [-0.25, -0.2) is 4.79 Å². The van der Waals surface area contributed by atoms with E-state index in [9.17, 15) is 14.4 Å². The lowest BCUT2D eigenvalue weighted by molar-refractivity contribution is -0.135. The Morgan fingerprint density at radius 1 is 1.18 bits per heavy atom. The van der Waals surface area contributed by atoms with Crippen molar-refractivity contribution in [2.45, 2.75) is 44.6 Å². The minimum atomic E-state index is -0.929. The molecule has 2 aliphatic rings. The molecular formula is C20H27N3O5. The number of rotatable bonds is 6. The number of hydrogen-bond acceptors (Lipinski definition) is 5. The number of anilines is 1. The largest absolute Gasteiger partial charge is 0.493 e. The molecule has 1 saturated heterocycles. The van der Waals surface area contributed by atoms with Gasteiger partial charge in [0.05, 0.1) is 14.2 Å². The van der Waals surface area contributed by atoms with Gasteiger partial charge in [0.2, 0.25) is 5.91 Å². The molecular weight excluding hydrogens is 362 g/mol. The highest BCUT2D eigenvalue weighted by atomic mass is 16.5. The predicted octanol–water partition coefficient (Wildman–Crippen LogP) is 2.53. The van der Waals surface area contributed by atoms with E-state index in [-0.39, 0.29) is 18.4 Å². The second kappa shape index (κ2) is 8.08. The first-order valence-electron chi connectivity index (χ1n) is 9.55. The molecule has 0 unspecified atom stereocenters. The third kappa shape index (κ3) is 3.76. The van der Waals surface area contributed by atoms with E-state index < -0.39 is 17.5 Å².